The fraction of sp³-hybridized carbons (Fsp3) is 0.600. The van der Waals surface area contributed by atoms with Crippen molar-refractivity contribution in [3.05, 3.63) is 20.9 Å². The second-order valence-electron chi connectivity index (χ2n) is 3.79. The van der Waals surface area contributed by atoms with E-state index >= 15 is 0 Å². The second kappa shape index (κ2) is 4.96. The van der Waals surface area contributed by atoms with Crippen LogP contribution in [0.1, 0.15) is 34.6 Å². The Hall–Kier alpha value is 0.683. The summed E-state index contributed by atoms with van der Waals surface area (Å²) in [6.07, 6.45) is 0. The van der Waals surface area contributed by atoms with E-state index in [1.165, 1.54) is 20.9 Å². The average molecular weight is 309 g/mol. The molecule has 0 bridgehead atoms. The number of hydrogen-bond acceptors (Lipinski definition) is 0. The topological polar surface area (TPSA) is 0 Å². The average Bonchev–Trinajstić information content (AvgIpc) is 2.06. The van der Waals surface area contributed by atoms with Gasteiger partial charge in [0.15, 0.2) is 0 Å². The smallest absolute Gasteiger partial charge is 1.00 e. The predicted octanol–water partition coefficient (Wildman–Crippen LogP) is -2.81. The van der Waals surface area contributed by atoms with Crippen LogP contribution in [0.15, 0.2) is 20.9 Å². The van der Waals surface area contributed by atoms with Gasteiger partial charge in [0.25, 0.3) is 0 Å². The molecule has 0 spiro atoms. The van der Waals surface area contributed by atoms with Gasteiger partial charge in [-0.15, -0.1) is 0 Å². The van der Waals surface area contributed by atoms with Gasteiger partial charge in [-0.1, -0.05) is 0 Å². The zero-order valence-corrected chi connectivity index (χ0v) is 11.7. The van der Waals surface area contributed by atoms with E-state index in [9.17, 15) is 0 Å². The Morgan fingerprint density at radius 3 is 1.38 bits per heavy atom. The molecule has 0 aromatic rings. The molecule has 13 heavy (non-hydrogen) atoms. The van der Waals surface area contributed by atoms with Crippen molar-refractivity contribution in [1.29, 1.82) is 0 Å². The molecule has 0 aromatic heterocycles. The van der Waals surface area contributed by atoms with Gasteiger partial charge < -0.3 is 24.8 Å². The first-order chi connectivity index (χ1) is 4.89. The van der Waals surface area contributed by atoms with Crippen molar-refractivity contribution < 1.29 is 43.1 Å². The molecule has 1 aliphatic rings. The summed E-state index contributed by atoms with van der Waals surface area (Å²) in [7, 11) is 0. The minimum atomic E-state index is 0. The van der Waals surface area contributed by atoms with E-state index in [0.29, 0.717) is 0 Å². The van der Waals surface area contributed by atoms with Gasteiger partial charge in [0.1, 0.15) is 0 Å². The molecule has 0 heterocycles. The zero-order valence-electron chi connectivity index (χ0n) is 8.59. The van der Waals surface area contributed by atoms with Crippen molar-refractivity contribution in [1.82, 2.24) is 0 Å². The van der Waals surface area contributed by atoms with Crippen LogP contribution in [-0.2, 0) is 18.3 Å². The Labute approximate surface area is 104 Å². The summed E-state index contributed by atoms with van der Waals surface area (Å²) in [4.78, 5) is 0. The Morgan fingerprint density at radius 1 is 0.923 bits per heavy atom. The Bertz CT molecular complexity index is 236. The molecule has 0 unspecified atom stereocenters. The van der Waals surface area contributed by atoms with Gasteiger partial charge in [0.2, 0.25) is 0 Å². The molecular weight excluding hydrogens is 294 g/mol. The maximum absolute atomic E-state index is 3.07. The van der Waals surface area contributed by atoms with E-state index in [4.69, 9.17) is 0 Å². The van der Waals surface area contributed by atoms with Crippen molar-refractivity contribution >= 4 is 0 Å². The summed E-state index contributed by atoms with van der Waals surface area (Å²) in [6, 6.07) is 0. The number of hydrogen-bond donors (Lipinski definition) is 0. The molecule has 0 saturated carbocycles. The van der Waals surface area contributed by atoms with E-state index in [-0.39, 0.29) is 30.2 Å². The van der Waals surface area contributed by atoms with Crippen LogP contribution in [0.3, 0.4) is 0 Å². The monoisotopic (exact) mass is 308 g/mol. The molecule has 0 nitrogen and oxygen atoms in total. The maximum atomic E-state index is 3.07. The molecule has 0 saturated heterocycles. The first kappa shape index (κ1) is 16.1. The van der Waals surface area contributed by atoms with Gasteiger partial charge in [-0.25, -0.2) is 0 Å². The molecule has 0 radical (unpaired) electrons. The molecule has 0 aromatic carbocycles. The van der Waals surface area contributed by atoms with Crippen LogP contribution in [0.25, 0.3) is 0 Å². The molecular formula is C10H15Cl2Rh. The number of halogens is 2. The first-order valence-electron chi connectivity index (χ1n) is 3.92. The van der Waals surface area contributed by atoms with Crippen LogP contribution < -0.4 is 24.8 Å². The predicted molar refractivity (Wildman–Crippen MR) is 44.9 cm³/mol. The Kier molecular flexibility index (Phi) is 6.15. The Morgan fingerprint density at radius 2 is 1.31 bits per heavy atom. The molecule has 1 rings (SSSR count). The molecule has 0 atom stereocenters. The summed E-state index contributed by atoms with van der Waals surface area (Å²) in [5, 5.41) is 0. The van der Waals surface area contributed by atoms with Crippen LogP contribution in [0.5, 0.6) is 0 Å². The van der Waals surface area contributed by atoms with Gasteiger partial charge in [0, 0.05) is 0 Å². The third-order valence-corrected chi connectivity index (χ3v) is 4.53. The van der Waals surface area contributed by atoms with Gasteiger partial charge in [0.05, 0.1) is 0 Å². The van der Waals surface area contributed by atoms with Gasteiger partial charge in [-0.3, -0.25) is 0 Å². The van der Waals surface area contributed by atoms with E-state index in [0.717, 1.165) is 0 Å². The van der Waals surface area contributed by atoms with Gasteiger partial charge in [-0.2, -0.15) is 0 Å². The quantitative estimate of drug-likeness (QED) is 0.424. The number of allylic oxidation sites excluding steroid dienone is 4. The van der Waals surface area contributed by atoms with Crippen molar-refractivity contribution in [2.75, 3.05) is 0 Å². The molecule has 78 valence electrons. The molecule has 0 amide bonds. The maximum Gasteiger partial charge on any atom is -1.00 e. The van der Waals surface area contributed by atoms with Crippen molar-refractivity contribution in [2.24, 2.45) is 5.41 Å². The number of rotatable bonds is 0. The summed E-state index contributed by atoms with van der Waals surface area (Å²) >= 11 is 3.07. The minimum absolute atomic E-state index is 0. The van der Waals surface area contributed by atoms with Crippen LogP contribution >= 0.6 is 0 Å². The van der Waals surface area contributed by atoms with Crippen LogP contribution in [0.4, 0.5) is 0 Å². The summed E-state index contributed by atoms with van der Waals surface area (Å²) < 4.78 is 1.42. The molecule has 0 fully saturated rings. The largest absolute Gasteiger partial charge is 1.00 e. The molecule has 1 aliphatic carbocycles. The van der Waals surface area contributed by atoms with E-state index in [1.807, 2.05) is 0 Å². The SMILES string of the molecule is CC1=C(C)C(C)(C)[C]([Rh+2])=C1C.[Cl-].[Cl-]. The van der Waals surface area contributed by atoms with Crippen LogP contribution in [0.2, 0.25) is 0 Å². The first-order valence-corrected chi connectivity index (χ1v) is 4.74. The van der Waals surface area contributed by atoms with Crippen molar-refractivity contribution in [3.8, 4) is 0 Å². The fourth-order valence-electron chi connectivity index (χ4n) is 1.53. The molecule has 3 heteroatoms. The van der Waals surface area contributed by atoms with Crippen LogP contribution in [0, 0.1) is 5.41 Å². The van der Waals surface area contributed by atoms with Crippen LogP contribution in [-0.4, -0.2) is 0 Å². The zero-order chi connectivity index (χ0) is 8.81. The summed E-state index contributed by atoms with van der Waals surface area (Å²) in [5.41, 5.74) is 4.68. The molecule has 0 N–H and O–H groups in total. The van der Waals surface area contributed by atoms with E-state index < -0.39 is 0 Å². The van der Waals surface area contributed by atoms with Gasteiger partial charge in [-0.05, 0) is 0 Å². The third kappa shape index (κ3) is 2.38. The fourth-order valence-corrected chi connectivity index (χ4v) is 2.15. The Balaban J connectivity index is 0. The second-order valence-corrected chi connectivity index (χ2v) is 4.61. The third-order valence-electron chi connectivity index (χ3n) is 2.90. The van der Waals surface area contributed by atoms with Gasteiger partial charge >= 0.3 is 79.2 Å². The van der Waals surface area contributed by atoms with Crippen molar-refractivity contribution in [3.63, 3.8) is 0 Å². The molecule has 0 aliphatic heterocycles. The minimum Gasteiger partial charge on any atom is -1.00 e. The van der Waals surface area contributed by atoms with E-state index in [1.54, 1.807) is 0 Å². The summed E-state index contributed by atoms with van der Waals surface area (Å²) in [5.74, 6) is 0. The normalized spacial score (nSPS) is 19.8. The summed E-state index contributed by atoms with van der Waals surface area (Å²) in [6.45, 7) is 11.2. The van der Waals surface area contributed by atoms with Crippen molar-refractivity contribution in [2.45, 2.75) is 34.6 Å². The van der Waals surface area contributed by atoms with E-state index in [2.05, 4.69) is 52.9 Å². The standard InChI is InChI=1S/C10H15.2ClH.Rh/c1-7-6-10(4,5)9(3)8(7)2;;;/h1-5H3;2*1H;/q;;;+2/p-2.